The Bertz CT molecular complexity index is 701. The average molecular weight is 380 g/mol. The number of thiazole rings is 1. The first-order valence-electron chi connectivity index (χ1n) is 8.15. The van der Waals surface area contributed by atoms with Gasteiger partial charge in [0.15, 0.2) is 11.1 Å². The Morgan fingerprint density at radius 2 is 2.12 bits per heavy atom. The topological polar surface area (TPSA) is 67.0 Å². The first-order chi connectivity index (χ1) is 12.2. The molecule has 3 rings (SSSR count). The normalized spacial score (nSPS) is 17.0. The molecule has 25 heavy (non-hydrogen) atoms. The summed E-state index contributed by atoms with van der Waals surface area (Å²) in [5, 5.41) is 3.74. The van der Waals surface area contributed by atoms with Crippen molar-refractivity contribution in [3.05, 3.63) is 46.4 Å². The summed E-state index contributed by atoms with van der Waals surface area (Å²) < 4.78 is 5.54. The fourth-order valence-electron chi connectivity index (χ4n) is 2.81. The fourth-order valence-corrected chi connectivity index (χ4v) is 3.77. The third-order valence-corrected chi connectivity index (χ3v) is 5.43. The van der Waals surface area contributed by atoms with Gasteiger partial charge in [0.2, 0.25) is 0 Å². The van der Waals surface area contributed by atoms with E-state index in [-0.39, 0.29) is 6.10 Å². The van der Waals surface area contributed by atoms with E-state index in [4.69, 9.17) is 22.1 Å². The molecule has 1 aliphatic heterocycles. The molecule has 0 radical (unpaired) electrons. The molecule has 1 aromatic heterocycles. The molecule has 1 fully saturated rings. The van der Waals surface area contributed by atoms with E-state index in [0.29, 0.717) is 17.5 Å². The number of halogens is 1. The Balaban J connectivity index is 1.57. The SMILES string of the molecule is COC(CN=C(N)N1CCN(c2nccs2)CC1)c1ccccc1Cl. The van der Waals surface area contributed by atoms with Gasteiger partial charge in [0.1, 0.15) is 6.10 Å². The maximum Gasteiger partial charge on any atom is 0.191 e. The second-order valence-electron chi connectivity index (χ2n) is 5.73. The molecule has 0 saturated carbocycles. The van der Waals surface area contributed by atoms with Crippen molar-refractivity contribution in [3.63, 3.8) is 0 Å². The zero-order chi connectivity index (χ0) is 17.6. The van der Waals surface area contributed by atoms with Crippen LogP contribution in [0.1, 0.15) is 11.7 Å². The molecule has 8 heteroatoms. The lowest BCUT2D eigenvalue weighted by molar-refractivity contribution is 0.110. The number of nitrogens with zero attached hydrogens (tertiary/aromatic N) is 4. The van der Waals surface area contributed by atoms with Crippen molar-refractivity contribution in [1.82, 2.24) is 9.88 Å². The maximum absolute atomic E-state index is 6.25. The summed E-state index contributed by atoms with van der Waals surface area (Å²) in [5.41, 5.74) is 7.12. The van der Waals surface area contributed by atoms with Crippen LogP contribution in [0.2, 0.25) is 5.02 Å². The summed E-state index contributed by atoms with van der Waals surface area (Å²) in [5.74, 6) is 0.549. The zero-order valence-electron chi connectivity index (χ0n) is 14.1. The van der Waals surface area contributed by atoms with E-state index < -0.39 is 0 Å². The van der Waals surface area contributed by atoms with Gasteiger partial charge in [0, 0.05) is 55.5 Å². The third kappa shape index (κ3) is 4.42. The van der Waals surface area contributed by atoms with E-state index in [1.807, 2.05) is 35.8 Å². The number of nitrogens with two attached hydrogens (primary N) is 1. The summed E-state index contributed by atoms with van der Waals surface area (Å²) >= 11 is 7.91. The van der Waals surface area contributed by atoms with Crippen molar-refractivity contribution in [2.45, 2.75) is 6.10 Å². The molecule has 6 nitrogen and oxygen atoms in total. The largest absolute Gasteiger partial charge is 0.375 e. The number of aliphatic imine (C=N–C) groups is 1. The summed E-state index contributed by atoms with van der Waals surface area (Å²) in [6.45, 7) is 3.89. The lowest BCUT2D eigenvalue weighted by Gasteiger charge is -2.35. The lowest BCUT2D eigenvalue weighted by Crippen LogP contribution is -2.51. The van der Waals surface area contributed by atoms with Crippen LogP contribution in [0.3, 0.4) is 0 Å². The van der Waals surface area contributed by atoms with Crippen LogP contribution >= 0.6 is 22.9 Å². The summed E-state index contributed by atoms with van der Waals surface area (Å²) in [6.07, 6.45) is 1.63. The Morgan fingerprint density at radius 1 is 1.36 bits per heavy atom. The van der Waals surface area contributed by atoms with Gasteiger partial charge in [0.05, 0.1) is 6.54 Å². The molecule has 0 bridgehead atoms. The van der Waals surface area contributed by atoms with Crippen molar-refractivity contribution in [2.24, 2.45) is 10.7 Å². The highest BCUT2D eigenvalue weighted by atomic mass is 35.5. The van der Waals surface area contributed by atoms with Gasteiger partial charge in [-0.1, -0.05) is 29.8 Å². The van der Waals surface area contributed by atoms with Crippen LogP contribution < -0.4 is 10.6 Å². The molecule has 1 unspecified atom stereocenters. The van der Waals surface area contributed by atoms with Gasteiger partial charge in [-0.2, -0.15) is 0 Å². The standard InChI is InChI=1S/C17H22ClN5OS/c1-24-15(13-4-2-3-5-14(13)18)12-21-16(19)22-7-9-23(10-8-22)17-20-6-11-25-17/h2-6,11,15H,7-10,12H2,1H3,(H2,19,21). The Morgan fingerprint density at radius 3 is 2.76 bits per heavy atom. The van der Waals surface area contributed by atoms with Gasteiger partial charge in [-0.25, -0.2) is 4.98 Å². The van der Waals surface area contributed by atoms with Crippen molar-refractivity contribution < 1.29 is 4.74 Å². The van der Waals surface area contributed by atoms with E-state index >= 15 is 0 Å². The Hall–Kier alpha value is -1.83. The van der Waals surface area contributed by atoms with Crippen molar-refractivity contribution in [3.8, 4) is 0 Å². The van der Waals surface area contributed by atoms with Gasteiger partial charge in [-0.3, -0.25) is 4.99 Å². The number of anilines is 1. The van der Waals surface area contributed by atoms with Crippen LogP contribution in [0.25, 0.3) is 0 Å². The van der Waals surface area contributed by atoms with Gasteiger partial charge in [-0.15, -0.1) is 11.3 Å². The van der Waals surface area contributed by atoms with Crippen LogP contribution in [-0.2, 0) is 4.74 Å². The van der Waals surface area contributed by atoms with Gasteiger partial charge in [-0.05, 0) is 6.07 Å². The highest BCUT2D eigenvalue weighted by molar-refractivity contribution is 7.13. The van der Waals surface area contributed by atoms with E-state index in [1.54, 1.807) is 18.4 Å². The molecular weight excluding hydrogens is 358 g/mol. The molecule has 2 heterocycles. The number of ether oxygens (including phenoxy) is 1. The molecule has 1 atom stereocenters. The maximum atomic E-state index is 6.25. The summed E-state index contributed by atoms with van der Waals surface area (Å²) in [7, 11) is 1.66. The van der Waals surface area contributed by atoms with Crippen LogP contribution in [0, 0.1) is 0 Å². The predicted octanol–water partition coefficient (Wildman–Crippen LogP) is 2.62. The number of rotatable bonds is 5. The lowest BCUT2D eigenvalue weighted by atomic mass is 10.1. The number of hydrogen-bond acceptors (Lipinski definition) is 5. The summed E-state index contributed by atoms with van der Waals surface area (Å²) in [4.78, 5) is 13.3. The number of methoxy groups -OCH3 is 1. The molecular formula is C17H22ClN5OS. The van der Waals surface area contributed by atoms with Crippen LogP contribution in [0.5, 0.6) is 0 Å². The molecule has 2 aromatic rings. The van der Waals surface area contributed by atoms with E-state index in [9.17, 15) is 0 Å². The van der Waals surface area contributed by atoms with Crippen LogP contribution in [0.4, 0.5) is 5.13 Å². The average Bonchev–Trinajstić information content (AvgIpc) is 3.18. The van der Waals surface area contributed by atoms with Crippen LogP contribution in [0.15, 0.2) is 40.8 Å². The first-order valence-corrected chi connectivity index (χ1v) is 9.41. The van der Waals surface area contributed by atoms with Crippen LogP contribution in [-0.4, -0.2) is 55.7 Å². The van der Waals surface area contributed by atoms with Gasteiger partial charge < -0.3 is 20.3 Å². The Kier molecular flexibility index (Phi) is 6.12. The number of guanidine groups is 1. The predicted molar refractivity (Wildman–Crippen MR) is 104 cm³/mol. The van der Waals surface area contributed by atoms with Crippen molar-refractivity contribution in [2.75, 3.05) is 44.7 Å². The molecule has 2 N–H and O–H groups in total. The van der Waals surface area contributed by atoms with Gasteiger partial charge >= 0.3 is 0 Å². The number of piperazine rings is 1. The quantitative estimate of drug-likeness (QED) is 0.639. The molecule has 0 amide bonds. The second-order valence-corrected chi connectivity index (χ2v) is 7.01. The van der Waals surface area contributed by atoms with Gasteiger partial charge in [0.25, 0.3) is 0 Å². The monoisotopic (exact) mass is 379 g/mol. The highest BCUT2D eigenvalue weighted by Crippen LogP contribution is 2.25. The molecule has 1 aromatic carbocycles. The molecule has 134 valence electrons. The van der Waals surface area contributed by atoms with Crippen molar-refractivity contribution in [1.29, 1.82) is 0 Å². The zero-order valence-corrected chi connectivity index (χ0v) is 15.7. The Labute approximate surface area is 156 Å². The smallest absolute Gasteiger partial charge is 0.191 e. The van der Waals surface area contributed by atoms with E-state index in [2.05, 4.69) is 19.8 Å². The fraction of sp³-hybridized carbons (Fsp3) is 0.412. The van der Waals surface area contributed by atoms with Crippen molar-refractivity contribution >= 4 is 34.0 Å². The molecule has 0 aliphatic carbocycles. The number of benzene rings is 1. The first kappa shape index (κ1) is 18.0. The van der Waals surface area contributed by atoms with E-state index in [1.165, 1.54) is 0 Å². The highest BCUT2D eigenvalue weighted by Gasteiger charge is 2.20. The minimum Gasteiger partial charge on any atom is -0.375 e. The number of hydrogen-bond donors (Lipinski definition) is 1. The molecule has 1 saturated heterocycles. The minimum absolute atomic E-state index is 0.205. The van der Waals surface area contributed by atoms with E-state index in [0.717, 1.165) is 36.9 Å². The number of aromatic nitrogens is 1. The summed E-state index contributed by atoms with van der Waals surface area (Å²) in [6, 6.07) is 7.65. The minimum atomic E-state index is -0.205. The molecule has 1 aliphatic rings. The second kappa shape index (κ2) is 8.51. The third-order valence-electron chi connectivity index (χ3n) is 4.25. The molecule has 0 spiro atoms.